The Morgan fingerprint density at radius 2 is 1.96 bits per heavy atom. The van der Waals surface area contributed by atoms with Crippen LogP contribution >= 0.6 is 0 Å². The summed E-state index contributed by atoms with van der Waals surface area (Å²) in [5, 5.41) is 2.99. The van der Waals surface area contributed by atoms with E-state index < -0.39 is 0 Å². The monoisotopic (exact) mass is 358 g/mol. The third-order valence-corrected chi connectivity index (χ3v) is 4.53. The van der Waals surface area contributed by atoms with E-state index in [1.54, 1.807) is 43.5 Å². The van der Waals surface area contributed by atoms with E-state index in [0.29, 0.717) is 31.1 Å². The van der Waals surface area contributed by atoms with Crippen LogP contribution in [0, 0.1) is 5.82 Å². The van der Waals surface area contributed by atoms with E-state index in [9.17, 15) is 9.18 Å². The predicted molar refractivity (Wildman–Crippen MR) is 96.9 cm³/mol. The molecule has 0 aromatic heterocycles. The average Bonchev–Trinajstić information content (AvgIpc) is 2.70. The number of carbonyl (C=O) groups is 1. The van der Waals surface area contributed by atoms with Crippen LogP contribution in [-0.2, 0) is 4.74 Å². The van der Waals surface area contributed by atoms with E-state index >= 15 is 0 Å². The molecular weight excluding hydrogens is 335 g/mol. The Bertz CT molecular complexity index is 730. The van der Waals surface area contributed by atoms with Crippen molar-refractivity contribution in [3.05, 3.63) is 65.5 Å². The first kappa shape index (κ1) is 18.4. The molecule has 0 aliphatic carbocycles. The summed E-state index contributed by atoms with van der Waals surface area (Å²) >= 11 is 0. The number of morpholine rings is 1. The van der Waals surface area contributed by atoms with Crippen molar-refractivity contribution in [2.75, 3.05) is 40.0 Å². The molecule has 5 nitrogen and oxygen atoms in total. The largest absolute Gasteiger partial charge is 0.497 e. The SMILES string of the molecule is COc1cccc(C(=O)NC[C@@H](c2ccc(F)cc2)N2CCOCC2)c1. The standard InChI is InChI=1S/C20H23FN2O3/c1-25-18-4-2-3-16(13-18)20(24)22-14-19(23-9-11-26-12-10-23)15-5-7-17(21)8-6-15/h2-8,13,19H,9-12,14H2,1H3,(H,22,24)/t19-/m0/s1. The van der Waals surface area contributed by atoms with Crippen LogP contribution in [0.4, 0.5) is 4.39 Å². The van der Waals surface area contributed by atoms with Crippen molar-refractivity contribution >= 4 is 5.91 Å². The lowest BCUT2D eigenvalue weighted by Gasteiger charge is -2.35. The molecule has 1 atom stereocenters. The molecule has 1 amide bonds. The number of nitrogens with one attached hydrogen (secondary N) is 1. The van der Waals surface area contributed by atoms with Gasteiger partial charge < -0.3 is 14.8 Å². The molecule has 1 saturated heterocycles. The summed E-state index contributed by atoms with van der Waals surface area (Å²) in [6.07, 6.45) is 0. The zero-order valence-electron chi connectivity index (χ0n) is 14.8. The fourth-order valence-corrected chi connectivity index (χ4v) is 3.09. The minimum absolute atomic E-state index is 0.0333. The van der Waals surface area contributed by atoms with Crippen molar-refractivity contribution < 1.29 is 18.7 Å². The Kier molecular flexibility index (Phi) is 6.20. The minimum Gasteiger partial charge on any atom is -0.497 e. The van der Waals surface area contributed by atoms with Gasteiger partial charge in [-0.25, -0.2) is 4.39 Å². The van der Waals surface area contributed by atoms with Crippen molar-refractivity contribution in [1.82, 2.24) is 10.2 Å². The molecule has 0 spiro atoms. The normalized spacial score (nSPS) is 16.1. The summed E-state index contributed by atoms with van der Waals surface area (Å²) in [5.41, 5.74) is 1.52. The number of benzene rings is 2. The fourth-order valence-electron chi connectivity index (χ4n) is 3.09. The van der Waals surface area contributed by atoms with E-state index in [1.807, 2.05) is 0 Å². The van der Waals surface area contributed by atoms with Gasteiger partial charge in [-0.15, -0.1) is 0 Å². The minimum atomic E-state index is -0.269. The summed E-state index contributed by atoms with van der Waals surface area (Å²) < 4.78 is 23.9. The first-order chi connectivity index (χ1) is 12.7. The number of carbonyl (C=O) groups excluding carboxylic acids is 1. The molecule has 1 aliphatic heterocycles. The van der Waals surface area contributed by atoms with E-state index in [2.05, 4.69) is 10.2 Å². The topological polar surface area (TPSA) is 50.8 Å². The molecular formula is C20H23FN2O3. The van der Waals surface area contributed by atoms with Crippen LogP contribution in [0.5, 0.6) is 5.75 Å². The highest BCUT2D eigenvalue weighted by Crippen LogP contribution is 2.22. The Morgan fingerprint density at radius 1 is 1.23 bits per heavy atom. The van der Waals surface area contributed by atoms with Gasteiger partial charge in [-0.1, -0.05) is 18.2 Å². The van der Waals surface area contributed by atoms with Crippen LogP contribution in [0.15, 0.2) is 48.5 Å². The Labute approximate surface area is 152 Å². The molecule has 0 radical (unpaired) electrons. The van der Waals surface area contributed by atoms with Crippen LogP contribution in [0.2, 0.25) is 0 Å². The molecule has 1 heterocycles. The number of halogens is 1. The molecule has 26 heavy (non-hydrogen) atoms. The van der Waals surface area contributed by atoms with Crippen LogP contribution in [0.3, 0.4) is 0 Å². The van der Waals surface area contributed by atoms with Crippen molar-refractivity contribution in [3.63, 3.8) is 0 Å². The van der Waals surface area contributed by atoms with Crippen molar-refractivity contribution in [1.29, 1.82) is 0 Å². The summed E-state index contributed by atoms with van der Waals surface area (Å²) in [4.78, 5) is 14.8. The first-order valence-corrected chi connectivity index (χ1v) is 8.67. The number of methoxy groups -OCH3 is 1. The Morgan fingerprint density at radius 3 is 2.65 bits per heavy atom. The molecule has 2 aromatic rings. The van der Waals surface area contributed by atoms with Crippen LogP contribution < -0.4 is 10.1 Å². The molecule has 0 saturated carbocycles. The second-order valence-electron chi connectivity index (χ2n) is 6.16. The molecule has 1 N–H and O–H groups in total. The lowest BCUT2D eigenvalue weighted by Crippen LogP contribution is -2.43. The highest BCUT2D eigenvalue weighted by atomic mass is 19.1. The lowest BCUT2D eigenvalue weighted by atomic mass is 10.0. The van der Waals surface area contributed by atoms with Gasteiger partial charge in [-0.3, -0.25) is 9.69 Å². The van der Waals surface area contributed by atoms with Gasteiger partial charge in [0, 0.05) is 25.2 Å². The van der Waals surface area contributed by atoms with E-state index in [0.717, 1.165) is 18.7 Å². The molecule has 0 unspecified atom stereocenters. The molecule has 0 bridgehead atoms. The molecule has 1 aliphatic rings. The maximum Gasteiger partial charge on any atom is 0.251 e. The zero-order valence-corrected chi connectivity index (χ0v) is 14.8. The van der Waals surface area contributed by atoms with Crippen LogP contribution in [0.25, 0.3) is 0 Å². The maximum absolute atomic E-state index is 13.3. The highest BCUT2D eigenvalue weighted by Gasteiger charge is 2.23. The molecule has 138 valence electrons. The van der Waals surface area contributed by atoms with Gasteiger partial charge in [-0.2, -0.15) is 0 Å². The average molecular weight is 358 g/mol. The second kappa shape index (κ2) is 8.78. The predicted octanol–water partition coefficient (Wildman–Crippen LogP) is 2.64. The first-order valence-electron chi connectivity index (χ1n) is 8.67. The molecule has 6 heteroatoms. The molecule has 3 rings (SSSR count). The number of nitrogens with zero attached hydrogens (tertiary/aromatic N) is 1. The number of amides is 1. The number of hydrogen-bond acceptors (Lipinski definition) is 4. The van der Waals surface area contributed by atoms with Gasteiger partial charge in [0.2, 0.25) is 0 Å². The Balaban J connectivity index is 1.72. The second-order valence-corrected chi connectivity index (χ2v) is 6.16. The van der Waals surface area contributed by atoms with Gasteiger partial charge in [0.15, 0.2) is 0 Å². The maximum atomic E-state index is 13.3. The van der Waals surface area contributed by atoms with Crippen LogP contribution in [-0.4, -0.2) is 50.8 Å². The van der Waals surface area contributed by atoms with E-state index in [-0.39, 0.29) is 17.8 Å². The number of rotatable bonds is 6. The third kappa shape index (κ3) is 4.59. The molecule has 2 aromatic carbocycles. The van der Waals surface area contributed by atoms with Gasteiger partial charge >= 0.3 is 0 Å². The zero-order chi connectivity index (χ0) is 18.4. The fraction of sp³-hybridized carbons (Fsp3) is 0.350. The third-order valence-electron chi connectivity index (χ3n) is 4.53. The Hall–Kier alpha value is -2.44. The lowest BCUT2D eigenvalue weighted by molar-refractivity contribution is 0.0162. The summed E-state index contributed by atoms with van der Waals surface area (Å²) in [6, 6.07) is 13.4. The van der Waals surface area contributed by atoms with Crippen molar-refractivity contribution in [3.8, 4) is 5.75 Å². The van der Waals surface area contributed by atoms with Gasteiger partial charge in [0.25, 0.3) is 5.91 Å². The van der Waals surface area contributed by atoms with Crippen LogP contribution in [0.1, 0.15) is 22.0 Å². The quantitative estimate of drug-likeness (QED) is 0.863. The summed E-state index contributed by atoms with van der Waals surface area (Å²) in [5.74, 6) is 0.208. The van der Waals surface area contributed by atoms with Crippen molar-refractivity contribution in [2.45, 2.75) is 6.04 Å². The van der Waals surface area contributed by atoms with Gasteiger partial charge in [-0.05, 0) is 35.9 Å². The number of ether oxygens (including phenoxy) is 2. The van der Waals surface area contributed by atoms with Gasteiger partial charge in [0.05, 0.1) is 26.4 Å². The summed E-state index contributed by atoms with van der Waals surface area (Å²) in [6.45, 7) is 3.29. The number of hydrogen-bond donors (Lipinski definition) is 1. The van der Waals surface area contributed by atoms with E-state index in [1.165, 1.54) is 12.1 Å². The van der Waals surface area contributed by atoms with Crippen molar-refractivity contribution in [2.24, 2.45) is 0 Å². The molecule has 1 fully saturated rings. The van der Waals surface area contributed by atoms with Gasteiger partial charge in [0.1, 0.15) is 11.6 Å². The van der Waals surface area contributed by atoms with E-state index in [4.69, 9.17) is 9.47 Å². The highest BCUT2D eigenvalue weighted by molar-refractivity contribution is 5.94. The summed E-state index contributed by atoms with van der Waals surface area (Å²) in [7, 11) is 1.57. The smallest absolute Gasteiger partial charge is 0.251 e.